The lowest BCUT2D eigenvalue weighted by Gasteiger charge is -2.22. The fraction of sp³-hybridized carbons (Fsp3) is 0.259. The number of carbonyl (C=O) groups excluding carboxylic acids is 2. The first-order valence-electron chi connectivity index (χ1n) is 11.2. The molecule has 9 nitrogen and oxygen atoms in total. The van der Waals surface area contributed by atoms with Crippen LogP contribution in [0, 0.1) is 0 Å². The molecule has 4 rings (SSSR count). The maximum atomic E-state index is 12.9. The number of nitrogens with one attached hydrogen (secondary N) is 1. The van der Waals surface area contributed by atoms with E-state index in [1.54, 1.807) is 55.5 Å². The maximum Gasteiger partial charge on any atom is 0.261 e. The van der Waals surface area contributed by atoms with Gasteiger partial charge in [-0.2, -0.15) is 0 Å². The van der Waals surface area contributed by atoms with Gasteiger partial charge in [0.15, 0.2) is 29.6 Å². The van der Waals surface area contributed by atoms with E-state index in [0.717, 1.165) is 11.1 Å². The highest BCUT2D eigenvalue weighted by atomic mass is 16.5. The smallest absolute Gasteiger partial charge is 0.261 e. The normalized spacial score (nSPS) is 12.7. The largest absolute Gasteiger partial charge is 0.493 e. The van der Waals surface area contributed by atoms with E-state index in [1.807, 2.05) is 18.2 Å². The van der Waals surface area contributed by atoms with Crippen molar-refractivity contribution >= 4 is 17.5 Å². The molecule has 0 radical (unpaired) electrons. The summed E-state index contributed by atoms with van der Waals surface area (Å²) in [5.41, 5.74) is 2.57. The van der Waals surface area contributed by atoms with Crippen molar-refractivity contribution in [2.24, 2.45) is 0 Å². The minimum absolute atomic E-state index is 0.0867. The summed E-state index contributed by atoms with van der Waals surface area (Å²) in [6.07, 6.45) is 0. The SMILES string of the molecule is COc1ccc(C(=O)Nc2ccc3c(c2)CN(Cc2cccc(OC)c2OC)C(=O)CO3)cc1OC. The first kappa shape index (κ1) is 24.7. The van der Waals surface area contributed by atoms with Crippen LogP contribution in [-0.4, -0.2) is 51.8 Å². The quantitative estimate of drug-likeness (QED) is 0.510. The van der Waals surface area contributed by atoms with Gasteiger partial charge in [0.25, 0.3) is 11.8 Å². The van der Waals surface area contributed by atoms with Gasteiger partial charge in [-0.05, 0) is 42.5 Å². The predicted molar refractivity (Wildman–Crippen MR) is 133 cm³/mol. The molecular formula is C27H28N2O7. The zero-order valence-electron chi connectivity index (χ0n) is 20.6. The minimum atomic E-state index is -0.306. The van der Waals surface area contributed by atoms with Gasteiger partial charge in [0.05, 0.1) is 28.4 Å². The Morgan fingerprint density at radius 1 is 0.917 bits per heavy atom. The van der Waals surface area contributed by atoms with Gasteiger partial charge in [-0.15, -0.1) is 0 Å². The van der Waals surface area contributed by atoms with Crippen LogP contribution in [0.1, 0.15) is 21.5 Å². The van der Waals surface area contributed by atoms with E-state index in [-0.39, 0.29) is 18.4 Å². The Hall–Kier alpha value is -4.40. The standard InChI is InChI=1S/C27H28N2O7/c1-32-22-10-8-17(13-24(22)34-3)27(31)28-20-9-11-21-19(12-20)15-29(25(30)16-36-21)14-18-6-5-7-23(33-2)26(18)35-4/h5-13H,14-16H2,1-4H3,(H,28,31). The first-order chi connectivity index (χ1) is 17.5. The van der Waals surface area contributed by atoms with Gasteiger partial charge in [-0.1, -0.05) is 12.1 Å². The molecule has 0 saturated carbocycles. The summed E-state index contributed by atoms with van der Waals surface area (Å²) in [5.74, 6) is 2.29. The number of fused-ring (bicyclic) bond motifs is 1. The second kappa shape index (κ2) is 10.9. The second-order valence-electron chi connectivity index (χ2n) is 8.04. The van der Waals surface area contributed by atoms with Crippen LogP contribution in [0.25, 0.3) is 0 Å². The lowest BCUT2D eigenvalue weighted by molar-refractivity contribution is -0.133. The Labute approximate surface area is 209 Å². The van der Waals surface area contributed by atoms with Gasteiger partial charge < -0.3 is 33.9 Å². The van der Waals surface area contributed by atoms with Crippen molar-refractivity contribution in [2.75, 3.05) is 40.4 Å². The Morgan fingerprint density at radius 2 is 1.69 bits per heavy atom. The summed E-state index contributed by atoms with van der Waals surface area (Å²) in [6, 6.07) is 15.8. The third-order valence-corrected chi connectivity index (χ3v) is 5.87. The summed E-state index contributed by atoms with van der Waals surface area (Å²) in [5, 5.41) is 2.90. The van der Waals surface area contributed by atoms with E-state index in [9.17, 15) is 9.59 Å². The van der Waals surface area contributed by atoms with Crippen molar-refractivity contribution in [3.05, 3.63) is 71.3 Å². The maximum absolute atomic E-state index is 12.9. The molecule has 0 aliphatic carbocycles. The van der Waals surface area contributed by atoms with Crippen LogP contribution in [0.15, 0.2) is 54.6 Å². The number of amides is 2. The van der Waals surface area contributed by atoms with Crippen LogP contribution in [0.5, 0.6) is 28.7 Å². The van der Waals surface area contributed by atoms with Gasteiger partial charge >= 0.3 is 0 Å². The zero-order valence-corrected chi connectivity index (χ0v) is 20.6. The van der Waals surface area contributed by atoms with Crippen LogP contribution in [-0.2, 0) is 17.9 Å². The van der Waals surface area contributed by atoms with E-state index >= 15 is 0 Å². The fourth-order valence-electron chi connectivity index (χ4n) is 4.05. The van der Waals surface area contributed by atoms with Crippen molar-refractivity contribution in [3.63, 3.8) is 0 Å². The Bertz CT molecular complexity index is 1270. The number of anilines is 1. The molecule has 0 unspecified atom stereocenters. The van der Waals surface area contributed by atoms with E-state index < -0.39 is 0 Å². The summed E-state index contributed by atoms with van der Waals surface area (Å²) in [6.45, 7) is 0.523. The fourth-order valence-corrected chi connectivity index (χ4v) is 4.05. The minimum Gasteiger partial charge on any atom is -0.493 e. The van der Waals surface area contributed by atoms with Crippen LogP contribution in [0.4, 0.5) is 5.69 Å². The van der Waals surface area contributed by atoms with Crippen molar-refractivity contribution in [1.29, 1.82) is 0 Å². The average molecular weight is 493 g/mol. The summed E-state index contributed by atoms with van der Waals surface area (Å²) in [7, 11) is 6.19. The first-order valence-corrected chi connectivity index (χ1v) is 11.2. The molecule has 0 aromatic heterocycles. The Morgan fingerprint density at radius 3 is 2.42 bits per heavy atom. The van der Waals surface area contributed by atoms with Crippen LogP contribution in [0.3, 0.4) is 0 Å². The monoisotopic (exact) mass is 492 g/mol. The predicted octanol–water partition coefficient (Wildman–Crippen LogP) is 3.89. The van der Waals surface area contributed by atoms with E-state index in [2.05, 4.69) is 5.32 Å². The Balaban J connectivity index is 1.55. The number of hydrogen-bond donors (Lipinski definition) is 1. The molecular weight excluding hydrogens is 464 g/mol. The summed E-state index contributed by atoms with van der Waals surface area (Å²) in [4.78, 5) is 27.4. The molecule has 3 aromatic carbocycles. The molecule has 188 valence electrons. The molecule has 2 amide bonds. The molecule has 9 heteroatoms. The topological polar surface area (TPSA) is 95.6 Å². The van der Waals surface area contributed by atoms with Gasteiger partial charge in [-0.25, -0.2) is 0 Å². The zero-order chi connectivity index (χ0) is 25.7. The van der Waals surface area contributed by atoms with Crippen molar-refractivity contribution in [1.82, 2.24) is 4.90 Å². The second-order valence-corrected chi connectivity index (χ2v) is 8.04. The van der Waals surface area contributed by atoms with Gasteiger partial charge in [0.2, 0.25) is 0 Å². The van der Waals surface area contributed by atoms with Crippen molar-refractivity contribution in [3.8, 4) is 28.7 Å². The van der Waals surface area contributed by atoms with Crippen LogP contribution < -0.4 is 29.0 Å². The highest BCUT2D eigenvalue weighted by molar-refractivity contribution is 6.04. The van der Waals surface area contributed by atoms with E-state index in [0.29, 0.717) is 53.1 Å². The van der Waals surface area contributed by atoms with E-state index in [1.165, 1.54) is 14.2 Å². The molecule has 1 heterocycles. The number of nitrogens with zero attached hydrogens (tertiary/aromatic N) is 1. The Kier molecular flexibility index (Phi) is 7.48. The third kappa shape index (κ3) is 5.14. The van der Waals surface area contributed by atoms with Gasteiger partial charge in [0, 0.05) is 35.5 Å². The highest BCUT2D eigenvalue weighted by Crippen LogP contribution is 2.34. The number of hydrogen-bond acceptors (Lipinski definition) is 7. The molecule has 1 aliphatic heterocycles. The average Bonchev–Trinajstić information content (AvgIpc) is 3.06. The molecule has 3 aromatic rings. The number of para-hydroxylation sites is 1. The number of benzene rings is 3. The number of rotatable bonds is 8. The van der Waals surface area contributed by atoms with Gasteiger partial charge in [-0.3, -0.25) is 9.59 Å². The number of carbonyl (C=O) groups is 2. The molecule has 0 atom stereocenters. The summed E-state index contributed by atoms with van der Waals surface area (Å²) < 4.78 is 27.2. The van der Waals surface area contributed by atoms with Gasteiger partial charge in [0.1, 0.15) is 5.75 Å². The molecule has 1 N–H and O–H groups in total. The molecule has 0 spiro atoms. The molecule has 1 aliphatic rings. The molecule has 0 saturated heterocycles. The van der Waals surface area contributed by atoms with Crippen LogP contribution >= 0.6 is 0 Å². The third-order valence-electron chi connectivity index (χ3n) is 5.87. The molecule has 0 fully saturated rings. The number of ether oxygens (including phenoxy) is 5. The summed E-state index contributed by atoms with van der Waals surface area (Å²) >= 11 is 0. The van der Waals surface area contributed by atoms with Crippen molar-refractivity contribution in [2.45, 2.75) is 13.1 Å². The lowest BCUT2D eigenvalue weighted by atomic mass is 10.1. The van der Waals surface area contributed by atoms with Crippen LogP contribution in [0.2, 0.25) is 0 Å². The number of methoxy groups -OCH3 is 4. The van der Waals surface area contributed by atoms with Crippen molar-refractivity contribution < 1.29 is 33.3 Å². The van der Waals surface area contributed by atoms with E-state index in [4.69, 9.17) is 23.7 Å². The molecule has 0 bridgehead atoms. The highest BCUT2D eigenvalue weighted by Gasteiger charge is 2.24. The lowest BCUT2D eigenvalue weighted by Crippen LogP contribution is -2.32. The molecule has 36 heavy (non-hydrogen) atoms.